The summed E-state index contributed by atoms with van der Waals surface area (Å²) in [6, 6.07) is 11.1. The van der Waals surface area contributed by atoms with E-state index in [0.717, 1.165) is 53.3 Å². The van der Waals surface area contributed by atoms with Crippen molar-refractivity contribution in [1.82, 2.24) is 25.3 Å². The summed E-state index contributed by atoms with van der Waals surface area (Å²) < 4.78 is 17.9. The lowest BCUT2D eigenvalue weighted by atomic mass is 9.98. The average Bonchev–Trinajstić information content (AvgIpc) is 3.55. The molecule has 0 spiro atoms. The highest BCUT2D eigenvalue weighted by molar-refractivity contribution is 5.99. The Hall–Kier alpha value is -4.60. The van der Waals surface area contributed by atoms with Gasteiger partial charge in [0, 0.05) is 31.3 Å². The van der Waals surface area contributed by atoms with Crippen LogP contribution in [0.3, 0.4) is 0 Å². The molecule has 39 heavy (non-hydrogen) atoms. The van der Waals surface area contributed by atoms with E-state index in [4.69, 9.17) is 23.9 Å². The number of aromatic amines is 1. The third-order valence-corrected chi connectivity index (χ3v) is 7.07. The SMILES string of the molecule is CNC(=O)c1ccc(OC)c(Nc2nc(OC3CCCCC3)c3c(-c4ccc5nc(C)oc5c4)c[nH]c3n2)c1. The Morgan fingerprint density at radius 3 is 2.72 bits per heavy atom. The molecule has 1 aliphatic carbocycles. The van der Waals surface area contributed by atoms with Crippen LogP contribution in [0.4, 0.5) is 11.6 Å². The van der Waals surface area contributed by atoms with Crippen molar-refractivity contribution in [3.63, 3.8) is 0 Å². The molecule has 200 valence electrons. The molecular weight excluding hydrogens is 496 g/mol. The number of aryl methyl sites for hydroxylation is 1. The summed E-state index contributed by atoms with van der Waals surface area (Å²) in [5.41, 5.74) is 5.07. The van der Waals surface area contributed by atoms with E-state index in [1.54, 1.807) is 32.4 Å². The maximum atomic E-state index is 12.2. The molecule has 0 saturated heterocycles. The van der Waals surface area contributed by atoms with Gasteiger partial charge in [-0.2, -0.15) is 9.97 Å². The standard InChI is InChI=1S/C29H30N6O4/c1-16-32-21-11-9-17(14-24(21)38-16)20-15-31-26-25(20)28(39-19-7-5-4-6-8-19)35-29(34-26)33-22-13-18(27(36)30-2)10-12-23(22)37-3/h9-15,19H,4-8H2,1-3H3,(H,30,36)(H2,31,33,34,35). The van der Waals surface area contributed by atoms with E-state index < -0.39 is 0 Å². The minimum absolute atomic E-state index is 0.0815. The van der Waals surface area contributed by atoms with Gasteiger partial charge in [-0.1, -0.05) is 12.5 Å². The Morgan fingerprint density at radius 1 is 1.08 bits per heavy atom. The Morgan fingerprint density at radius 2 is 1.92 bits per heavy atom. The largest absolute Gasteiger partial charge is 0.495 e. The molecule has 0 bridgehead atoms. The highest BCUT2D eigenvalue weighted by Crippen LogP contribution is 2.38. The number of rotatable bonds is 7. The molecule has 0 unspecified atom stereocenters. The number of nitrogens with one attached hydrogen (secondary N) is 3. The highest BCUT2D eigenvalue weighted by atomic mass is 16.5. The molecule has 3 heterocycles. The summed E-state index contributed by atoms with van der Waals surface area (Å²) >= 11 is 0. The van der Waals surface area contributed by atoms with Gasteiger partial charge in [0.25, 0.3) is 5.91 Å². The minimum atomic E-state index is -0.202. The molecule has 0 radical (unpaired) electrons. The second-order valence-electron chi connectivity index (χ2n) is 9.69. The average molecular weight is 527 g/mol. The van der Waals surface area contributed by atoms with Crippen LogP contribution in [0.25, 0.3) is 33.3 Å². The number of ether oxygens (including phenoxy) is 2. The van der Waals surface area contributed by atoms with Crippen molar-refractivity contribution in [2.45, 2.75) is 45.1 Å². The first kappa shape index (κ1) is 24.7. The highest BCUT2D eigenvalue weighted by Gasteiger charge is 2.22. The summed E-state index contributed by atoms with van der Waals surface area (Å²) in [5.74, 6) is 1.81. The van der Waals surface area contributed by atoms with Crippen LogP contribution < -0.4 is 20.1 Å². The van der Waals surface area contributed by atoms with Crippen molar-refractivity contribution in [2.75, 3.05) is 19.5 Å². The smallest absolute Gasteiger partial charge is 0.251 e. The van der Waals surface area contributed by atoms with E-state index in [0.29, 0.717) is 40.4 Å². The van der Waals surface area contributed by atoms with Crippen molar-refractivity contribution in [1.29, 1.82) is 0 Å². The van der Waals surface area contributed by atoms with E-state index in [1.807, 2.05) is 31.3 Å². The number of aromatic nitrogens is 4. The van der Waals surface area contributed by atoms with Crippen LogP contribution in [0.5, 0.6) is 11.6 Å². The monoisotopic (exact) mass is 526 g/mol. The summed E-state index contributed by atoms with van der Waals surface area (Å²) in [4.78, 5) is 29.5. The quantitative estimate of drug-likeness (QED) is 0.239. The van der Waals surface area contributed by atoms with Gasteiger partial charge in [-0.15, -0.1) is 0 Å². The predicted octanol–water partition coefficient (Wildman–Crippen LogP) is 5.90. The summed E-state index contributed by atoms with van der Waals surface area (Å²) in [6.07, 6.45) is 7.45. The van der Waals surface area contributed by atoms with E-state index in [1.165, 1.54) is 6.42 Å². The molecule has 0 aliphatic heterocycles. The molecule has 3 N–H and O–H groups in total. The molecule has 2 aromatic carbocycles. The number of anilines is 2. The lowest BCUT2D eigenvalue weighted by Gasteiger charge is -2.23. The normalized spacial score (nSPS) is 14.0. The second-order valence-corrected chi connectivity index (χ2v) is 9.69. The first-order valence-electron chi connectivity index (χ1n) is 13.1. The molecule has 1 fully saturated rings. The van der Waals surface area contributed by atoms with Gasteiger partial charge in [0.05, 0.1) is 18.2 Å². The van der Waals surface area contributed by atoms with Crippen LogP contribution in [0.1, 0.15) is 48.4 Å². The number of benzene rings is 2. The Balaban J connectivity index is 1.44. The summed E-state index contributed by atoms with van der Waals surface area (Å²) in [7, 11) is 3.17. The molecule has 1 amide bonds. The summed E-state index contributed by atoms with van der Waals surface area (Å²) in [6.45, 7) is 1.84. The molecule has 6 rings (SSSR count). The van der Waals surface area contributed by atoms with Crippen LogP contribution >= 0.6 is 0 Å². The van der Waals surface area contributed by atoms with E-state index in [-0.39, 0.29) is 12.0 Å². The molecule has 1 aliphatic rings. The van der Waals surface area contributed by atoms with Gasteiger partial charge >= 0.3 is 0 Å². The maximum absolute atomic E-state index is 12.2. The van der Waals surface area contributed by atoms with Crippen LogP contribution in [0.15, 0.2) is 47.0 Å². The fourth-order valence-corrected chi connectivity index (χ4v) is 5.13. The molecule has 10 heteroatoms. The zero-order valence-corrected chi connectivity index (χ0v) is 22.1. The fourth-order valence-electron chi connectivity index (χ4n) is 5.13. The summed E-state index contributed by atoms with van der Waals surface area (Å²) in [5, 5.41) is 6.68. The van der Waals surface area contributed by atoms with Crippen molar-refractivity contribution in [3.05, 3.63) is 54.0 Å². The zero-order valence-electron chi connectivity index (χ0n) is 22.1. The number of nitrogens with zero attached hydrogens (tertiary/aromatic N) is 3. The van der Waals surface area contributed by atoms with Crippen molar-refractivity contribution in [3.8, 4) is 22.8 Å². The Bertz CT molecular complexity index is 1670. The van der Waals surface area contributed by atoms with Gasteiger partial charge in [0.15, 0.2) is 11.5 Å². The number of hydrogen-bond donors (Lipinski definition) is 3. The Labute approximate surface area is 225 Å². The molecule has 0 atom stereocenters. The Kier molecular flexibility index (Phi) is 6.52. The van der Waals surface area contributed by atoms with E-state index in [2.05, 4.69) is 20.6 Å². The van der Waals surface area contributed by atoms with Crippen LogP contribution in [0, 0.1) is 6.92 Å². The number of fused-ring (bicyclic) bond motifs is 2. The zero-order chi connectivity index (χ0) is 26.9. The van der Waals surface area contributed by atoms with Crippen LogP contribution in [0.2, 0.25) is 0 Å². The second kappa shape index (κ2) is 10.3. The van der Waals surface area contributed by atoms with Gasteiger partial charge in [-0.3, -0.25) is 4.79 Å². The predicted molar refractivity (Wildman–Crippen MR) is 149 cm³/mol. The van der Waals surface area contributed by atoms with Gasteiger partial charge in [-0.05, 0) is 61.6 Å². The lowest BCUT2D eigenvalue weighted by Crippen LogP contribution is -2.20. The number of carbonyl (C=O) groups is 1. The minimum Gasteiger partial charge on any atom is -0.495 e. The van der Waals surface area contributed by atoms with Crippen LogP contribution in [-0.4, -0.2) is 46.1 Å². The van der Waals surface area contributed by atoms with Crippen molar-refractivity contribution >= 4 is 39.7 Å². The van der Waals surface area contributed by atoms with Gasteiger partial charge < -0.3 is 29.5 Å². The number of oxazole rings is 1. The van der Waals surface area contributed by atoms with Crippen LogP contribution in [-0.2, 0) is 0 Å². The van der Waals surface area contributed by atoms with E-state index >= 15 is 0 Å². The number of methoxy groups -OCH3 is 1. The molecular formula is C29H30N6O4. The number of amides is 1. The van der Waals surface area contributed by atoms with E-state index in [9.17, 15) is 4.79 Å². The topological polar surface area (TPSA) is 127 Å². The first-order chi connectivity index (χ1) is 19.0. The van der Waals surface area contributed by atoms with Gasteiger partial charge in [-0.25, -0.2) is 4.98 Å². The third-order valence-electron chi connectivity index (χ3n) is 7.07. The fraction of sp³-hybridized carbons (Fsp3) is 0.310. The number of hydrogen-bond acceptors (Lipinski definition) is 8. The number of carbonyl (C=O) groups excluding carboxylic acids is 1. The van der Waals surface area contributed by atoms with Gasteiger partial charge in [0.2, 0.25) is 11.8 Å². The van der Waals surface area contributed by atoms with Crippen molar-refractivity contribution in [2.24, 2.45) is 0 Å². The molecule has 3 aromatic heterocycles. The molecule has 1 saturated carbocycles. The number of H-pyrrole nitrogens is 1. The first-order valence-corrected chi connectivity index (χ1v) is 13.1. The third kappa shape index (κ3) is 4.85. The molecule has 5 aromatic rings. The van der Waals surface area contributed by atoms with Gasteiger partial charge in [0.1, 0.15) is 23.0 Å². The van der Waals surface area contributed by atoms with Crippen molar-refractivity contribution < 1.29 is 18.7 Å². The molecule has 10 nitrogen and oxygen atoms in total. The maximum Gasteiger partial charge on any atom is 0.251 e. The lowest BCUT2D eigenvalue weighted by molar-refractivity contribution is 0.0963.